The molecule has 1 amide bonds. The van der Waals surface area contributed by atoms with Crippen LogP contribution in [0.2, 0.25) is 0 Å². The van der Waals surface area contributed by atoms with E-state index >= 15 is 0 Å². The molecular weight excluding hydrogens is 506 g/mol. The molecule has 0 spiro atoms. The number of nitrogens with one attached hydrogen (secondary N) is 1. The molecule has 1 saturated heterocycles. The zero-order valence-electron chi connectivity index (χ0n) is 23.1. The molecule has 1 aliphatic heterocycles. The van der Waals surface area contributed by atoms with E-state index in [2.05, 4.69) is 22.2 Å². The van der Waals surface area contributed by atoms with Crippen LogP contribution in [0.15, 0.2) is 57.9 Å². The van der Waals surface area contributed by atoms with Crippen LogP contribution in [-0.4, -0.2) is 48.1 Å². The number of hydrogen-bond acceptors (Lipinski definition) is 7. The van der Waals surface area contributed by atoms with Gasteiger partial charge in [-0.05, 0) is 81.6 Å². The Bertz CT molecular complexity index is 1590. The lowest BCUT2D eigenvalue weighted by Gasteiger charge is -2.16. The third-order valence-corrected chi connectivity index (χ3v) is 7.86. The van der Waals surface area contributed by atoms with Crippen molar-refractivity contribution in [2.45, 2.75) is 64.0 Å². The fourth-order valence-corrected chi connectivity index (χ4v) is 5.73. The average molecular weight is 542 g/mol. The molecule has 1 unspecified atom stereocenters. The summed E-state index contributed by atoms with van der Waals surface area (Å²) in [5.74, 6) is 1.77. The molecule has 8 heteroatoms. The highest BCUT2D eigenvalue weighted by Gasteiger charge is 2.23. The molecule has 2 aliphatic rings. The predicted octanol–water partition coefficient (Wildman–Crippen LogP) is 5.52. The number of nitrogens with zero attached hydrogens (tertiary/aromatic N) is 2. The van der Waals surface area contributed by atoms with Crippen LogP contribution in [0, 0.1) is 6.92 Å². The van der Waals surface area contributed by atoms with Crippen LogP contribution in [0.1, 0.15) is 49.8 Å². The number of aryl methyl sites for hydroxylation is 2. The maximum atomic E-state index is 13.4. The maximum absolute atomic E-state index is 13.4. The van der Waals surface area contributed by atoms with Crippen molar-refractivity contribution in [3.63, 3.8) is 0 Å². The fraction of sp³-hybridized carbons (Fsp3) is 0.406. The molecule has 8 nitrogen and oxygen atoms in total. The van der Waals surface area contributed by atoms with Crippen LogP contribution in [0.5, 0.6) is 17.2 Å². The smallest absolute Gasteiger partial charge is 0.220 e. The molecular formula is C32H35N3O5. The van der Waals surface area contributed by atoms with E-state index in [0.29, 0.717) is 58.1 Å². The first kappa shape index (κ1) is 26.3. The Morgan fingerprint density at radius 2 is 1.90 bits per heavy atom. The zero-order valence-corrected chi connectivity index (χ0v) is 23.1. The van der Waals surface area contributed by atoms with E-state index in [4.69, 9.17) is 13.9 Å². The first-order chi connectivity index (χ1) is 19.4. The number of likely N-dealkylation sites (tertiary alicyclic amines) is 1. The highest BCUT2D eigenvalue weighted by molar-refractivity contribution is 5.93. The zero-order chi connectivity index (χ0) is 27.6. The first-order valence-electron chi connectivity index (χ1n) is 14.2. The summed E-state index contributed by atoms with van der Waals surface area (Å²) in [4.78, 5) is 32.3. The monoisotopic (exact) mass is 541 g/mol. The summed E-state index contributed by atoms with van der Waals surface area (Å²) in [6.45, 7) is 3.78. The lowest BCUT2D eigenvalue weighted by Crippen LogP contribution is -2.32. The molecule has 2 fully saturated rings. The maximum Gasteiger partial charge on any atom is 0.220 e. The SMILES string of the molecule is Cc1cc(OC2CCN(C)C2)c2oc3cc(Oc4ccc(CCC(=O)NC5CCCC5)nc4)ccc3c(=O)c2c1. The normalized spacial score (nSPS) is 18.0. The molecule has 2 aromatic carbocycles. The van der Waals surface area contributed by atoms with Gasteiger partial charge in [-0.3, -0.25) is 14.6 Å². The first-order valence-corrected chi connectivity index (χ1v) is 14.2. The van der Waals surface area contributed by atoms with Crippen LogP contribution in [0.3, 0.4) is 0 Å². The van der Waals surface area contributed by atoms with Crippen molar-refractivity contribution in [3.05, 3.63) is 70.1 Å². The lowest BCUT2D eigenvalue weighted by atomic mass is 10.1. The van der Waals surface area contributed by atoms with Gasteiger partial charge in [0.1, 0.15) is 23.2 Å². The standard InChI is InChI=1S/C32H35N3O5/c1-20-15-27-31(37)26-11-10-23(17-28(26)40-32(27)29(16-20)39-25-13-14-35(2)19-25)38-24-9-7-21(33-18-24)8-12-30(36)34-22-5-3-4-6-22/h7,9-11,15-18,22,25H,3-6,8,12-14,19H2,1-2H3,(H,34,36). The number of amides is 1. The summed E-state index contributed by atoms with van der Waals surface area (Å²) in [7, 11) is 2.08. The Morgan fingerprint density at radius 1 is 1.07 bits per heavy atom. The Balaban J connectivity index is 1.18. The minimum absolute atomic E-state index is 0.0582. The van der Waals surface area contributed by atoms with Gasteiger partial charge in [-0.15, -0.1) is 0 Å². The van der Waals surface area contributed by atoms with E-state index in [1.807, 2.05) is 31.2 Å². The van der Waals surface area contributed by atoms with Gasteiger partial charge in [-0.25, -0.2) is 0 Å². The van der Waals surface area contributed by atoms with E-state index in [1.54, 1.807) is 24.4 Å². The molecule has 1 N–H and O–H groups in total. The highest BCUT2D eigenvalue weighted by atomic mass is 16.5. The van der Waals surface area contributed by atoms with Gasteiger partial charge in [-0.2, -0.15) is 0 Å². The Kier molecular flexibility index (Phi) is 7.43. The molecule has 0 radical (unpaired) electrons. The van der Waals surface area contributed by atoms with Gasteiger partial charge < -0.3 is 24.1 Å². The van der Waals surface area contributed by atoms with Crippen molar-refractivity contribution >= 4 is 27.8 Å². The highest BCUT2D eigenvalue weighted by Crippen LogP contribution is 2.32. The topological polar surface area (TPSA) is 93.9 Å². The summed E-state index contributed by atoms with van der Waals surface area (Å²) in [6.07, 6.45) is 8.19. The molecule has 1 aliphatic carbocycles. The summed E-state index contributed by atoms with van der Waals surface area (Å²) >= 11 is 0. The van der Waals surface area contributed by atoms with Crippen molar-refractivity contribution in [1.82, 2.24) is 15.2 Å². The Morgan fingerprint density at radius 3 is 2.65 bits per heavy atom. The molecule has 40 heavy (non-hydrogen) atoms. The number of ether oxygens (including phenoxy) is 2. The number of carbonyl (C=O) groups excluding carboxylic acids is 1. The van der Waals surface area contributed by atoms with E-state index in [0.717, 1.165) is 43.6 Å². The quantitative estimate of drug-likeness (QED) is 0.294. The molecule has 208 valence electrons. The van der Waals surface area contributed by atoms with E-state index in [9.17, 15) is 9.59 Å². The van der Waals surface area contributed by atoms with Crippen molar-refractivity contribution in [3.8, 4) is 17.2 Å². The van der Waals surface area contributed by atoms with Crippen LogP contribution >= 0.6 is 0 Å². The van der Waals surface area contributed by atoms with Gasteiger partial charge in [0.2, 0.25) is 11.3 Å². The summed E-state index contributed by atoms with van der Waals surface area (Å²) in [5, 5.41) is 4.12. The summed E-state index contributed by atoms with van der Waals surface area (Å²) in [5.41, 5.74) is 2.58. The number of fused-ring (bicyclic) bond motifs is 2. The second-order valence-corrected chi connectivity index (χ2v) is 11.2. The minimum Gasteiger partial charge on any atom is -0.485 e. The lowest BCUT2D eigenvalue weighted by molar-refractivity contribution is -0.121. The van der Waals surface area contributed by atoms with Crippen molar-refractivity contribution in [1.29, 1.82) is 0 Å². The van der Waals surface area contributed by atoms with Gasteiger partial charge in [0.15, 0.2) is 11.3 Å². The minimum atomic E-state index is -0.0946. The second kappa shape index (κ2) is 11.3. The van der Waals surface area contributed by atoms with Crippen molar-refractivity contribution in [2.24, 2.45) is 0 Å². The number of benzene rings is 2. The fourth-order valence-electron chi connectivity index (χ4n) is 5.73. The van der Waals surface area contributed by atoms with E-state index in [-0.39, 0.29) is 17.4 Å². The van der Waals surface area contributed by atoms with Gasteiger partial charge >= 0.3 is 0 Å². The Labute approximate surface area is 233 Å². The molecule has 0 bridgehead atoms. The average Bonchev–Trinajstić information content (AvgIpc) is 3.60. The molecule has 3 heterocycles. The number of rotatable bonds is 8. The largest absolute Gasteiger partial charge is 0.485 e. The molecule has 6 rings (SSSR count). The molecule has 4 aromatic rings. The summed E-state index contributed by atoms with van der Waals surface area (Å²) in [6, 6.07) is 13.0. The van der Waals surface area contributed by atoms with Crippen LogP contribution in [-0.2, 0) is 11.2 Å². The Hall–Kier alpha value is -3.91. The number of hydrogen-bond donors (Lipinski definition) is 1. The molecule has 1 saturated carbocycles. The van der Waals surface area contributed by atoms with Gasteiger partial charge in [-0.1, -0.05) is 12.8 Å². The number of carbonyl (C=O) groups is 1. The number of aromatic nitrogens is 1. The van der Waals surface area contributed by atoms with Gasteiger partial charge in [0.05, 0.1) is 17.0 Å². The van der Waals surface area contributed by atoms with Crippen LogP contribution < -0.4 is 20.2 Å². The van der Waals surface area contributed by atoms with Gasteiger partial charge in [0.25, 0.3) is 0 Å². The van der Waals surface area contributed by atoms with Crippen molar-refractivity contribution in [2.75, 3.05) is 20.1 Å². The third-order valence-electron chi connectivity index (χ3n) is 7.86. The summed E-state index contributed by atoms with van der Waals surface area (Å²) < 4.78 is 18.6. The number of likely N-dealkylation sites (N-methyl/N-ethyl adjacent to an activating group) is 1. The van der Waals surface area contributed by atoms with Gasteiger partial charge in [0, 0.05) is 37.3 Å². The second-order valence-electron chi connectivity index (χ2n) is 11.2. The predicted molar refractivity (Wildman–Crippen MR) is 154 cm³/mol. The van der Waals surface area contributed by atoms with Crippen LogP contribution in [0.25, 0.3) is 21.9 Å². The van der Waals surface area contributed by atoms with E-state index in [1.165, 1.54) is 12.8 Å². The third kappa shape index (κ3) is 5.82. The van der Waals surface area contributed by atoms with E-state index < -0.39 is 0 Å². The molecule has 1 atom stereocenters. The van der Waals surface area contributed by atoms with Crippen LogP contribution in [0.4, 0.5) is 0 Å². The number of pyridine rings is 1. The van der Waals surface area contributed by atoms with Crippen molar-refractivity contribution < 1.29 is 18.7 Å². The molecule has 2 aromatic heterocycles.